The number of pyridine rings is 1. The number of benzene rings is 1. The van der Waals surface area contributed by atoms with Crippen molar-refractivity contribution in [3.8, 4) is 11.1 Å². The van der Waals surface area contributed by atoms with E-state index in [1.165, 1.54) is 4.90 Å². The molecule has 0 spiro atoms. The molecule has 1 amide bonds. The van der Waals surface area contributed by atoms with Crippen LogP contribution in [0.5, 0.6) is 0 Å². The Morgan fingerprint density at radius 1 is 1.33 bits per heavy atom. The summed E-state index contributed by atoms with van der Waals surface area (Å²) in [5.74, 6) is -0.226. The Balaban J connectivity index is 1.96. The summed E-state index contributed by atoms with van der Waals surface area (Å²) in [6.45, 7) is 0. The molecule has 122 valence electrons. The van der Waals surface area contributed by atoms with Crippen LogP contribution in [0.1, 0.15) is 24.3 Å². The maximum absolute atomic E-state index is 12.8. The summed E-state index contributed by atoms with van der Waals surface area (Å²) in [5.41, 5.74) is 9.66. The van der Waals surface area contributed by atoms with Crippen molar-refractivity contribution in [2.75, 3.05) is 7.05 Å². The van der Waals surface area contributed by atoms with Crippen LogP contribution in [0.15, 0.2) is 42.7 Å². The van der Waals surface area contributed by atoms with Crippen LogP contribution in [0, 0.1) is 11.3 Å². The fourth-order valence-corrected chi connectivity index (χ4v) is 3.00. The lowest BCUT2D eigenvalue weighted by Gasteiger charge is -2.23. The number of nitrogens with zero attached hydrogens (tertiary/aromatic N) is 2. The second kappa shape index (κ2) is 6.47. The number of rotatable bonds is 4. The highest BCUT2D eigenvalue weighted by atomic mass is 16.2. The summed E-state index contributed by atoms with van der Waals surface area (Å²) in [7, 11) is 3.58. The normalized spacial score (nSPS) is 14.9. The second-order valence-electron chi connectivity index (χ2n) is 6.47. The minimum Gasteiger partial charge on any atom is -0.370 e. The molecule has 3 rings (SSSR count). The maximum atomic E-state index is 12.8. The molecule has 1 heterocycles. The lowest BCUT2D eigenvalue weighted by molar-refractivity contribution is -0.128. The van der Waals surface area contributed by atoms with Gasteiger partial charge in [-0.25, -0.2) is 0 Å². The Morgan fingerprint density at radius 3 is 2.71 bits per heavy atom. The molecule has 1 aromatic heterocycles. The lowest BCUT2D eigenvalue weighted by atomic mass is 9.89. The zero-order chi connectivity index (χ0) is 17.3. The Kier molecular flexibility index (Phi) is 4.38. The molecule has 2 aromatic rings. The van der Waals surface area contributed by atoms with Gasteiger partial charge in [0.05, 0.1) is 5.92 Å². The van der Waals surface area contributed by atoms with Crippen LogP contribution >= 0.6 is 0 Å². The number of nitrogens with two attached hydrogens (primary N) is 1. The van der Waals surface area contributed by atoms with Gasteiger partial charge in [-0.1, -0.05) is 35.8 Å². The first-order chi connectivity index (χ1) is 11.5. The minimum absolute atomic E-state index is 0.107. The van der Waals surface area contributed by atoms with Crippen LogP contribution in [-0.2, 0) is 4.79 Å². The molecule has 1 aliphatic carbocycles. The van der Waals surface area contributed by atoms with E-state index in [0.717, 1.165) is 35.0 Å². The molecule has 0 radical (unpaired) electrons. The monoisotopic (exact) mass is 320 g/mol. The fourth-order valence-electron chi connectivity index (χ4n) is 3.00. The molecule has 0 saturated heterocycles. The smallest absolute Gasteiger partial charge is 0.236 e. The van der Waals surface area contributed by atoms with Crippen LogP contribution in [0.4, 0.5) is 0 Å². The van der Waals surface area contributed by atoms with E-state index in [1.54, 1.807) is 7.05 Å². The van der Waals surface area contributed by atoms with Crippen LogP contribution in [0.3, 0.4) is 0 Å². The third-order valence-electron chi connectivity index (χ3n) is 4.51. The van der Waals surface area contributed by atoms with Crippen LogP contribution in [0.25, 0.3) is 11.1 Å². The quantitative estimate of drug-likeness (QED) is 0.498. The zero-order valence-corrected chi connectivity index (χ0v) is 14.0. The molecule has 1 aromatic carbocycles. The molecule has 0 unspecified atom stereocenters. The maximum Gasteiger partial charge on any atom is 0.236 e. The molecule has 5 nitrogen and oxygen atoms in total. The fraction of sp³-hybridized carbons (Fsp3) is 0.278. The number of aromatic nitrogens is 1. The van der Waals surface area contributed by atoms with Gasteiger partial charge in [-0.15, -0.1) is 0 Å². The zero-order valence-electron chi connectivity index (χ0n) is 14.0. The molecule has 0 bridgehead atoms. The molecule has 24 heavy (non-hydrogen) atoms. The third-order valence-corrected chi connectivity index (χ3v) is 4.51. The Labute approximate surface area is 142 Å². The van der Waals surface area contributed by atoms with Gasteiger partial charge in [0.15, 0.2) is 5.96 Å². The van der Waals surface area contributed by atoms with Gasteiger partial charge in [-0.3, -0.25) is 20.1 Å². The van der Waals surface area contributed by atoms with E-state index in [0.29, 0.717) is 5.92 Å². The van der Waals surface area contributed by atoms with Crippen molar-refractivity contribution in [2.45, 2.75) is 18.8 Å². The Hall–Kier alpha value is -2.63. The van der Waals surface area contributed by atoms with E-state index in [9.17, 15) is 4.79 Å². The summed E-state index contributed by atoms with van der Waals surface area (Å²) >= 11 is 0. The van der Waals surface area contributed by atoms with Gasteiger partial charge in [-0.05, 0) is 35.4 Å². The molecule has 1 atom stereocenters. The Morgan fingerprint density at radius 2 is 2.08 bits per heavy atom. The topological polar surface area (TPSA) is 83.1 Å². The van der Waals surface area contributed by atoms with Gasteiger partial charge in [0.25, 0.3) is 0 Å². The van der Waals surface area contributed by atoms with Gasteiger partial charge in [0, 0.05) is 19.4 Å². The van der Waals surface area contributed by atoms with Crippen LogP contribution < -0.4 is 11.2 Å². The van der Waals surface area contributed by atoms with E-state index in [-0.39, 0.29) is 17.8 Å². The summed E-state index contributed by atoms with van der Waals surface area (Å²) in [6.07, 6.45) is 5.74. The van der Waals surface area contributed by atoms with Gasteiger partial charge in [-0.2, -0.15) is 0 Å². The van der Waals surface area contributed by atoms with Gasteiger partial charge < -0.3 is 5.73 Å². The average Bonchev–Trinajstić information content (AvgIpc) is 3.39. The molecule has 0 aliphatic heterocycles. The van der Waals surface area contributed by atoms with E-state index in [2.05, 4.69) is 17.1 Å². The number of hydrogen-bond acceptors (Lipinski definition) is 3. The number of guanidine groups is 1. The Bertz CT molecular complexity index is 788. The first-order valence-corrected chi connectivity index (χ1v) is 8.11. The van der Waals surface area contributed by atoms with Crippen LogP contribution in [-0.4, -0.2) is 36.6 Å². The molecular formula is C18H21BN4O. The predicted molar refractivity (Wildman–Crippen MR) is 98.0 cm³/mol. The van der Waals surface area contributed by atoms with E-state index in [4.69, 9.17) is 11.1 Å². The second-order valence-corrected chi connectivity index (χ2v) is 6.47. The average molecular weight is 320 g/mol. The number of carbonyl (C=O) groups excluding carboxylic acids is 1. The van der Waals surface area contributed by atoms with Crippen LogP contribution in [0.2, 0.25) is 0 Å². The van der Waals surface area contributed by atoms with Crippen molar-refractivity contribution in [1.82, 2.24) is 9.88 Å². The number of amides is 1. The number of likely N-dealkylation sites (N-methyl/N-ethyl adjacent to an activating group) is 1. The molecule has 1 fully saturated rings. The van der Waals surface area contributed by atoms with E-state index in [1.807, 2.05) is 38.4 Å². The lowest BCUT2D eigenvalue weighted by Crippen LogP contribution is -2.41. The van der Waals surface area contributed by atoms with E-state index >= 15 is 0 Å². The highest BCUT2D eigenvalue weighted by molar-refractivity contribution is 6.32. The van der Waals surface area contributed by atoms with Crippen molar-refractivity contribution in [3.05, 3.63) is 48.3 Å². The summed E-state index contributed by atoms with van der Waals surface area (Å²) in [5, 5.41) is 7.52. The van der Waals surface area contributed by atoms with Crippen molar-refractivity contribution < 1.29 is 4.79 Å². The molecule has 1 aliphatic rings. The van der Waals surface area contributed by atoms with Gasteiger partial charge >= 0.3 is 0 Å². The third kappa shape index (κ3) is 3.32. The summed E-state index contributed by atoms with van der Waals surface area (Å²) < 4.78 is 0. The number of carbonyl (C=O) groups is 1. The first kappa shape index (κ1) is 16.2. The molecular weight excluding hydrogens is 299 g/mol. The summed E-state index contributed by atoms with van der Waals surface area (Å²) in [4.78, 5) is 18.3. The van der Waals surface area contributed by atoms with Gasteiger partial charge in [0.2, 0.25) is 5.91 Å². The van der Waals surface area contributed by atoms with Crippen molar-refractivity contribution in [3.63, 3.8) is 0 Å². The van der Waals surface area contributed by atoms with Crippen molar-refractivity contribution in [1.29, 1.82) is 5.41 Å². The van der Waals surface area contributed by atoms with Crippen molar-refractivity contribution >= 4 is 25.2 Å². The highest BCUT2D eigenvalue weighted by Crippen LogP contribution is 2.44. The molecule has 3 N–H and O–H groups in total. The largest absolute Gasteiger partial charge is 0.370 e. The number of nitrogens with one attached hydrogen (secondary N) is 1. The molecule has 1 saturated carbocycles. The first-order valence-electron chi connectivity index (χ1n) is 8.11. The predicted octanol–water partition coefficient (Wildman–Crippen LogP) is 0.852. The standard InChI is InChI=1S/C18H21BN4O/c1-23(18(20)21)17(24)16(11-5-6-11)13-4-2-3-12(7-13)14-8-15(19)10-22-9-14/h2-4,7-11,16H,5-6,19H2,1H3,(H3,20,21)/t16-/m0/s1. The SMILES string of the molecule is Bc1cncc(-c2cccc([C@@H](C(=O)N(C)C(=N)N)C3CC3)c2)c1. The minimum atomic E-state index is -0.239. The summed E-state index contributed by atoms with van der Waals surface area (Å²) in [6, 6.07) is 10.1. The van der Waals surface area contributed by atoms with E-state index < -0.39 is 0 Å². The number of hydrogen-bond donors (Lipinski definition) is 2. The molecule has 6 heteroatoms. The van der Waals surface area contributed by atoms with Gasteiger partial charge in [0.1, 0.15) is 7.85 Å². The van der Waals surface area contributed by atoms with Crippen molar-refractivity contribution in [2.24, 2.45) is 11.7 Å². The highest BCUT2D eigenvalue weighted by Gasteiger charge is 2.39.